The lowest BCUT2D eigenvalue weighted by Crippen LogP contribution is -2.12. The van der Waals surface area contributed by atoms with Crippen LogP contribution in [0, 0.1) is 18.3 Å². The molecular formula is C14H14N4O. The molecule has 0 fully saturated rings. The normalized spacial score (nSPS) is 9.79. The number of ether oxygens (including phenoxy) is 1. The van der Waals surface area contributed by atoms with Gasteiger partial charge in [0.15, 0.2) is 0 Å². The summed E-state index contributed by atoms with van der Waals surface area (Å²) >= 11 is 0. The summed E-state index contributed by atoms with van der Waals surface area (Å²) in [6.45, 7) is 1.77. The molecule has 19 heavy (non-hydrogen) atoms. The van der Waals surface area contributed by atoms with Gasteiger partial charge in [0.1, 0.15) is 29.2 Å². The van der Waals surface area contributed by atoms with E-state index in [4.69, 9.17) is 10.00 Å². The van der Waals surface area contributed by atoms with Gasteiger partial charge in [-0.15, -0.1) is 0 Å². The summed E-state index contributed by atoms with van der Waals surface area (Å²) in [4.78, 5) is 10.3. The monoisotopic (exact) mass is 254 g/mol. The van der Waals surface area contributed by atoms with Gasteiger partial charge in [0.05, 0.1) is 7.11 Å². The number of methoxy groups -OCH3 is 1. The number of aryl methyl sites for hydroxylation is 1. The molecule has 2 aromatic rings. The first-order valence-corrected chi connectivity index (χ1v) is 5.77. The zero-order chi connectivity index (χ0) is 13.8. The van der Waals surface area contributed by atoms with E-state index >= 15 is 0 Å². The molecule has 5 nitrogen and oxygen atoms in total. The van der Waals surface area contributed by atoms with Gasteiger partial charge in [0.25, 0.3) is 0 Å². The second-order valence-electron chi connectivity index (χ2n) is 4.03. The van der Waals surface area contributed by atoms with E-state index in [1.54, 1.807) is 20.1 Å². The van der Waals surface area contributed by atoms with Gasteiger partial charge in [-0.3, -0.25) is 0 Å². The Kier molecular flexibility index (Phi) is 3.62. The molecule has 0 amide bonds. The van der Waals surface area contributed by atoms with Crippen molar-refractivity contribution in [1.82, 2.24) is 9.97 Å². The lowest BCUT2D eigenvalue weighted by Gasteiger charge is -2.19. The summed E-state index contributed by atoms with van der Waals surface area (Å²) in [5, 5.41) is 8.94. The van der Waals surface area contributed by atoms with Crippen molar-refractivity contribution in [3.63, 3.8) is 0 Å². The maximum atomic E-state index is 8.94. The molecule has 1 aromatic heterocycles. The Morgan fingerprint density at radius 3 is 2.74 bits per heavy atom. The van der Waals surface area contributed by atoms with Gasteiger partial charge >= 0.3 is 0 Å². The predicted molar refractivity (Wildman–Crippen MR) is 72.5 cm³/mol. The van der Waals surface area contributed by atoms with E-state index in [0.29, 0.717) is 17.3 Å². The molecule has 96 valence electrons. The topological polar surface area (TPSA) is 62.0 Å². The van der Waals surface area contributed by atoms with Crippen LogP contribution in [0.2, 0.25) is 0 Å². The first kappa shape index (κ1) is 12.8. The second kappa shape index (κ2) is 5.36. The highest BCUT2D eigenvalue weighted by molar-refractivity contribution is 5.61. The van der Waals surface area contributed by atoms with Crippen molar-refractivity contribution in [3.05, 3.63) is 41.9 Å². The van der Waals surface area contributed by atoms with Crippen LogP contribution in [-0.4, -0.2) is 24.1 Å². The smallest absolute Gasteiger partial charge is 0.146 e. The van der Waals surface area contributed by atoms with E-state index < -0.39 is 0 Å². The molecule has 1 heterocycles. The first-order chi connectivity index (χ1) is 9.13. The van der Waals surface area contributed by atoms with Crippen LogP contribution in [0.3, 0.4) is 0 Å². The van der Waals surface area contributed by atoms with Gasteiger partial charge in [-0.1, -0.05) is 6.07 Å². The quantitative estimate of drug-likeness (QED) is 0.841. The lowest BCUT2D eigenvalue weighted by atomic mass is 10.2. The van der Waals surface area contributed by atoms with Crippen molar-refractivity contribution < 1.29 is 4.74 Å². The Bertz CT molecular complexity index is 634. The molecule has 0 unspecified atom stereocenters. The van der Waals surface area contributed by atoms with Crippen LogP contribution >= 0.6 is 0 Å². The molecule has 0 aliphatic carbocycles. The number of anilines is 2. The van der Waals surface area contributed by atoms with E-state index in [9.17, 15) is 0 Å². The van der Waals surface area contributed by atoms with Crippen molar-refractivity contribution in [2.75, 3.05) is 19.1 Å². The van der Waals surface area contributed by atoms with E-state index in [-0.39, 0.29) is 0 Å². The van der Waals surface area contributed by atoms with Crippen LogP contribution in [0.25, 0.3) is 0 Å². The number of nitriles is 1. The maximum Gasteiger partial charge on any atom is 0.146 e. The zero-order valence-corrected chi connectivity index (χ0v) is 11.1. The second-order valence-corrected chi connectivity index (χ2v) is 4.03. The van der Waals surface area contributed by atoms with Gasteiger partial charge in [-0.25, -0.2) is 9.97 Å². The van der Waals surface area contributed by atoms with Crippen LogP contribution in [0.1, 0.15) is 11.5 Å². The predicted octanol–water partition coefficient (Wildman–Crippen LogP) is 2.43. The fraction of sp³-hybridized carbons (Fsp3) is 0.214. The molecule has 0 saturated heterocycles. The minimum Gasteiger partial charge on any atom is -0.497 e. The molecule has 0 radical (unpaired) electrons. The summed E-state index contributed by atoms with van der Waals surface area (Å²) in [6.07, 6.45) is 0. The molecule has 5 heteroatoms. The fourth-order valence-corrected chi connectivity index (χ4v) is 1.73. The summed E-state index contributed by atoms with van der Waals surface area (Å²) in [5.41, 5.74) is 1.29. The van der Waals surface area contributed by atoms with Crippen molar-refractivity contribution in [2.45, 2.75) is 6.92 Å². The van der Waals surface area contributed by atoms with E-state index in [1.165, 1.54) is 0 Å². The van der Waals surface area contributed by atoms with E-state index in [1.807, 2.05) is 42.3 Å². The SMILES string of the molecule is COc1cccc(N(C)c2cc(C#N)nc(C)n2)c1. The zero-order valence-electron chi connectivity index (χ0n) is 11.1. The molecule has 0 spiro atoms. The lowest BCUT2D eigenvalue weighted by molar-refractivity contribution is 0.415. The Morgan fingerprint density at radius 2 is 2.05 bits per heavy atom. The van der Waals surface area contributed by atoms with Crippen molar-refractivity contribution >= 4 is 11.5 Å². The maximum absolute atomic E-state index is 8.94. The minimum atomic E-state index is 0.359. The number of hydrogen-bond acceptors (Lipinski definition) is 5. The van der Waals surface area contributed by atoms with E-state index in [2.05, 4.69) is 9.97 Å². The van der Waals surface area contributed by atoms with Gasteiger partial charge < -0.3 is 9.64 Å². The average Bonchev–Trinajstić information content (AvgIpc) is 2.45. The number of aromatic nitrogens is 2. The minimum absolute atomic E-state index is 0.359. The third-order valence-electron chi connectivity index (χ3n) is 2.72. The fourth-order valence-electron chi connectivity index (χ4n) is 1.73. The number of rotatable bonds is 3. The first-order valence-electron chi connectivity index (χ1n) is 5.77. The molecule has 0 N–H and O–H groups in total. The standard InChI is InChI=1S/C14H14N4O/c1-10-16-11(9-15)7-14(17-10)18(2)12-5-4-6-13(8-12)19-3/h4-8H,1-3H3. The van der Waals surface area contributed by atoms with Crippen molar-refractivity contribution in [1.29, 1.82) is 5.26 Å². The highest BCUT2D eigenvalue weighted by atomic mass is 16.5. The Morgan fingerprint density at radius 1 is 1.26 bits per heavy atom. The molecule has 1 aromatic carbocycles. The third-order valence-corrected chi connectivity index (χ3v) is 2.72. The molecule has 0 atom stereocenters. The molecule has 0 saturated carbocycles. The Labute approximate surface area is 112 Å². The van der Waals surface area contributed by atoms with Gasteiger partial charge in [-0.05, 0) is 19.1 Å². The van der Waals surface area contributed by atoms with Gasteiger partial charge in [0.2, 0.25) is 0 Å². The number of benzene rings is 1. The van der Waals surface area contributed by atoms with Crippen LogP contribution in [-0.2, 0) is 0 Å². The van der Waals surface area contributed by atoms with Crippen LogP contribution < -0.4 is 9.64 Å². The highest BCUT2D eigenvalue weighted by Crippen LogP contribution is 2.25. The van der Waals surface area contributed by atoms with Gasteiger partial charge in [0, 0.05) is 24.9 Å². The Balaban J connectivity index is 2.40. The Hall–Kier alpha value is -2.61. The number of nitrogens with zero attached hydrogens (tertiary/aromatic N) is 4. The summed E-state index contributed by atoms with van der Waals surface area (Å²) in [6, 6.07) is 11.3. The van der Waals surface area contributed by atoms with Crippen LogP contribution in [0.4, 0.5) is 11.5 Å². The molecule has 0 bridgehead atoms. The van der Waals surface area contributed by atoms with Crippen molar-refractivity contribution in [2.24, 2.45) is 0 Å². The van der Waals surface area contributed by atoms with Gasteiger partial charge in [-0.2, -0.15) is 5.26 Å². The molecular weight excluding hydrogens is 240 g/mol. The highest BCUT2D eigenvalue weighted by Gasteiger charge is 2.09. The largest absolute Gasteiger partial charge is 0.497 e. The molecule has 0 aliphatic heterocycles. The van der Waals surface area contributed by atoms with Crippen LogP contribution in [0.15, 0.2) is 30.3 Å². The molecule has 2 rings (SSSR count). The third kappa shape index (κ3) is 2.80. The summed E-state index contributed by atoms with van der Waals surface area (Å²) in [5.74, 6) is 2.02. The number of hydrogen-bond donors (Lipinski definition) is 0. The van der Waals surface area contributed by atoms with Crippen molar-refractivity contribution in [3.8, 4) is 11.8 Å². The summed E-state index contributed by atoms with van der Waals surface area (Å²) in [7, 11) is 3.51. The molecule has 0 aliphatic rings. The summed E-state index contributed by atoms with van der Waals surface area (Å²) < 4.78 is 5.20. The average molecular weight is 254 g/mol. The van der Waals surface area contributed by atoms with E-state index in [0.717, 1.165) is 11.4 Å². The van der Waals surface area contributed by atoms with Crippen LogP contribution in [0.5, 0.6) is 5.75 Å².